The van der Waals surface area contributed by atoms with Crippen LogP contribution in [0.2, 0.25) is 0 Å². The van der Waals surface area contributed by atoms with Gasteiger partial charge in [0.25, 0.3) is 0 Å². The molecule has 0 saturated carbocycles. The molecule has 11 heavy (non-hydrogen) atoms. The molecule has 1 amide bonds. The monoisotopic (exact) mass is 191 g/mol. The maximum Gasteiger partial charge on any atom is 0.226 e. The largest absolute Gasteiger partial charge is 0.369 e. The summed E-state index contributed by atoms with van der Waals surface area (Å²) < 4.78 is 0. The zero-order valence-electron chi connectivity index (χ0n) is 5.63. The molecule has 0 aromatic carbocycles. The van der Waals surface area contributed by atoms with Gasteiger partial charge in [0.15, 0.2) is 0 Å². The zero-order chi connectivity index (χ0) is 8.43. The van der Waals surface area contributed by atoms with Gasteiger partial charge >= 0.3 is 0 Å². The Hall–Kier alpha value is -0.470. The average Bonchev–Trinajstić information content (AvgIpc) is 1.94. The summed E-state index contributed by atoms with van der Waals surface area (Å²) >= 11 is 11.4. The highest BCUT2D eigenvalue weighted by atomic mass is 35.5. The van der Waals surface area contributed by atoms with E-state index in [4.69, 9.17) is 28.9 Å². The van der Waals surface area contributed by atoms with Gasteiger partial charge in [-0.05, 0) is 6.08 Å². The summed E-state index contributed by atoms with van der Waals surface area (Å²) in [5.74, 6) is -0.929. The van der Waals surface area contributed by atoms with Crippen molar-refractivity contribution >= 4 is 29.1 Å². The number of alkyl halides is 1. The number of allylic oxidation sites excluding steroid dienone is 3. The van der Waals surface area contributed by atoms with E-state index in [1.807, 2.05) is 0 Å². The van der Waals surface area contributed by atoms with Crippen molar-refractivity contribution < 1.29 is 4.79 Å². The van der Waals surface area contributed by atoms with E-state index in [0.29, 0.717) is 5.03 Å². The summed E-state index contributed by atoms with van der Waals surface area (Å²) in [6.45, 7) is 0. The summed E-state index contributed by atoms with van der Waals surface area (Å²) in [4.78, 5) is 10.7. The number of carbonyl (C=O) groups excluding carboxylic acids is 1. The maximum absolute atomic E-state index is 10.7. The van der Waals surface area contributed by atoms with E-state index >= 15 is 0 Å². The number of halogens is 2. The van der Waals surface area contributed by atoms with Crippen LogP contribution in [0.3, 0.4) is 0 Å². The molecule has 2 unspecified atom stereocenters. The number of amides is 1. The minimum Gasteiger partial charge on any atom is -0.369 e. The Balaban J connectivity index is 2.81. The van der Waals surface area contributed by atoms with E-state index in [-0.39, 0.29) is 5.38 Å². The van der Waals surface area contributed by atoms with Crippen LogP contribution >= 0.6 is 23.2 Å². The molecule has 0 radical (unpaired) electrons. The fourth-order valence-corrected chi connectivity index (χ4v) is 1.34. The van der Waals surface area contributed by atoms with Crippen LogP contribution < -0.4 is 5.73 Å². The molecule has 0 bridgehead atoms. The Morgan fingerprint density at radius 3 is 2.73 bits per heavy atom. The predicted molar refractivity (Wildman–Crippen MR) is 45.4 cm³/mol. The second kappa shape index (κ2) is 3.28. The minimum absolute atomic E-state index is 0.366. The summed E-state index contributed by atoms with van der Waals surface area (Å²) in [5.41, 5.74) is 5.06. The van der Waals surface area contributed by atoms with Gasteiger partial charge < -0.3 is 5.73 Å². The lowest BCUT2D eigenvalue weighted by atomic mass is 10.00. The Labute approximate surface area is 74.7 Å². The van der Waals surface area contributed by atoms with Crippen molar-refractivity contribution in [2.45, 2.75) is 5.38 Å². The molecular weight excluding hydrogens is 185 g/mol. The number of hydrogen-bond donors (Lipinski definition) is 1. The van der Waals surface area contributed by atoms with Gasteiger partial charge in [-0.2, -0.15) is 0 Å². The second-order valence-electron chi connectivity index (χ2n) is 2.28. The molecule has 0 heterocycles. The van der Waals surface area contributed by atoms with E-state index in [2.05, 4.69) is 0 Å². The van der Waals surface area contributed by atoms with Crippen molar-refractivity contribution in [2.24, 2.45) is 11.7 Å². The second-order valence-corrected chi connectivity index (χ2v) is 3.22. The lowest BCUT2D eigenvalue weighted by molar-refractivity contribution is -0.120. The first-order valence-corrected chi connectivity index (χ1v) is 3.91. The summed E-state index contributed by atoms with van der Waals surface area (Å²) in [6, 6.07) is 0. The van der Waals surface area contributed by atoms with E-state index in [1.165, 1.54) is 0 Å². The smallest absolute Gasteiger partial charge is 0.226 e. The third-order valence-corrected chi connectivity index (χ3v) is 2.12. The highest BCUT2D eigenvalue weighted by Gasteiger charge is 2.22. The minimum atomic E-state index is -0.478. The van der Waals surface area contributed by atoms with Gasteiger partial charge in [-0.1, -0.05) is 23.8 Å². The van der Waals surface area contributed by atoms with Gasteiger partial charge in [0.05, 0.1) is 11.3 Å². The molecule has 2 atom stereocenters. The molecule has 0 aliphatic heterocycles. The zero-order valence-corrected chi connectivity index (χ0v) is 7.14. The number of nitrogens with two attached hydrogens (primary N) is 1. The van der Waals surface area contributed by atoms with Gasteiger partial charge in [-0.3, -0.25) is 4.79 Å². The predicted octanol–water partition coefficient (Wildman–Crippen LogP) is 1.39. The maximum atomic E-state index is 10.7. The number of rotatable bonds is 1. The van der Waals surface area contributed by atoms with Crippen LogP contribution in [0.25, 0.3) is 0 Å². The molecule has 1 aliphatic rings. The van der Waals surface area contributed by atoms with Crippen LogP contribution in [0, 0.1) is 5.92 Å². The quantitative estimate of drug-likeness (QED) is 0.626. The first kappa shape index (κ1) is 8.62. The average molecular weight is 192 g/mol. The Kier molecular flexibility index (Phi) is 2.58. The summed E-state index contributed by atoms with van der Waals surface area (Å²) in [7, 11) is 0. The van der Waals surface area contributed by atoms with E-state index in [0.717, 1.165) is 0 Å². The third kappa shape index (κ3) is 1.98. The Morgan fingerprint density at radius 1 is 1.64 bits per heavy atom. The van der Waals surface area contributed by atoms with Crippen molar-refractivity contribution in [2.75, 3.05) is 0 Å². The Morgan fingerprint density at radius 2 is 2.27 bits per heavy atom. The standard InChI is InChI=1S/C7H7Cl2NO/c8-4-1-2-6(9)5(3-4)7(10)11/h1-3,5-6H,(H2,10,11). The number of carbonyl (C=O) groups is 1. The van der Waals surface area contributed by atoms with E-state index in [9.17, 15) is 4.79 Å². The molecule has 0 aromatic heterocycles. The molecule has 0 saturated heterocycles. The SMILES string of the molecule is NC(=O)C1C=C(Cl)C=CC1Cl. The molecule has 0 spiro atoms. The highest BCUT2D eigenvalue weighted by Crippen LogP contribution is 2.23. The summed E-state index contributed by atoms with van der Waals surface area (Å²) in [6.07, 6.45) is 4.86. The van der Waals surface area contributed by atoms with Crippen LogP contribution in [-0.2, 0) is 4.79 Å². The fourth-order valence-electron chi connectivity index (χ4n) is 0.862. The molecule has 60 valence electrons. The van der Waals surface area contributed by atoms with Gasteiger partial charge in [-0.25, -0.2) is 0 Å². The van der Waals surface area contributed by atoms with Crippen LogP contribution in [0.1, 0.15) is 0 Å². The molecule has 2 nitrogen and oxygen atoms in total. The number of hydrogen-bond acceptors (Lipinski definition) is 1. The van der Waals surface area contributed by atoms with Crippen molar-refractivity contribution in [3.8, 4) is 0 Å². The van der Waals surface area contributed by atoms with Crippen molar-refractivity contribution in [1.29, 1.82) is 0 Å². The van der Waals surface area contributed by atoms with Gasteiger partial charge in [0, 0.05) is 5.03 Å². The summed E-state index contributed by atoms with van der Waals surface area (Å²) in [5, 5.41) is 0.140. The van der Waals surface area contributed by atoms with E-state index < -0.39 is 11.8 Å². The van der Waals surface area contributed by atoms with Crippen LogP contribution in [0.15, 0.2) is 23.3 Å². The van der Waals surface area contributed by atoms with Gasteiger partial charge in [-0.15, -0.1) is 11.6 Å². The fraction of sp³-hybridized carbons (Fsp3) is 0.286. The molecule has 1 rings (SSSR count). The lowest BCUT2D eigenvalue weighted by Gasteiger charge is -2.15. The van der Waals surface area contributed by atoms with Crippen molar-refractivity contribution in [3.63, 3.8) is 0 Å². The first-order chi connectivity index (χ1) is 5.11. The van der Waals surface area contributed by atoms with Crippen LogP contribution in [-0.4, -0.2) is 11.3 Å². The topological polar surface area (TPSA) is 43.1 Å². The molecule has 4 heteroatoms. The molecular formula is C7H7Cl2NO. The number of primary amides is 1. The van der Waals surface area contributed by atoms with Crippen molar-refractivity contribution in [1.82, 2.24) is 0 Å². The molecule has 0 fully saturated rings. The van der Waals surface area contributed by atoms with Crippen LogP contribution in [0.5, 0.6) is 0 Å². The normalized spacial score (nSPS) is 29.8. The molecule has 0 aromatic rings. The van der Waals surface area contributed by atoms with Crippen molar-refractivity contribution in [3.05, 3.63) is 23.3 Å². The third-order valence-electron chi connectivity index (χ3n) is 1.45. The first-order valence-electron chi connectivity index (χ1n) is 3.10. The highest BCUT2D eigenvalue weighted by molar-refractivity contribution is 6.32. The van der Waals surface area contributed by atoms with Gasteiger partial charge in [0.1, 0.15) is 0 Å². The van der Waals surface area contributed by atoms with Crippen LogP contribution in [0.4, 0.5) is 0 Å². The van der Waals surface area contributed by atoms with Gasteiger partial charge in [0.2, 0.25) is 5.91 Å². The molecule has 2 N–H and O–H groups in total. The Bertz CT molecular complexity index is 235. The molecule has 1 aliphatic carbocycles. The lowest BCUT2D eigenvalue weighted by Crippen LogP contribution is -2.29. The van der Waals surface area contributed by atoms with E-state index in [1.54, 1.807) is 18.2 Å².